The van der Waals surface area contributed by atoms with Crippen LogP contribution in [-0.2, 0) is 14.3 Å². The lowest BCUT2D eigenvalue weighted by molar-refractivity contribution is -0.302. The maximum Gasteiger partial charge on any atom is 0.249 e. The predicted octanol–water partition coefficient (Wildman–Crippen LogP) is 12.2. The van der Waals surface area contributed by atoms with Crippen molar-refractivity contribution >= 4 is 5.91 Å². The van der Waals surface area contributed by atoms with Gasteiger partial charge in [-0.25, -0.2) is 0 Å². The van der Waals surface area contributed by atoms with E-state index in [-0.39, 0.29) is 6.61 Å². The summed E-state index contributed by atoms with van der Waals surface area (Å²) in [6, 6.07) is -0.976. The van der Waals surface area contributed by atoms with Crippen molar-refractivity contribution in [1.29, 1.82) is 0 Å². The molecule has 0 aromatic rings. The molecule has 10 nitrogen and oxygen atoms in total. The Morgan fingerprint density at radius 1 is 0.523 bits per heavy atom. The summed E-state index contributed by atoms with van der Waals surface area (Å²) in [7, 11) is 0. The van der Waals surface area contributed by atoms with Crippen LogP contribution in [0.5, 0.6) is 0 Å². The molecule has 1 aliphatic heterocycles. The number of hydrogen-bond donors (Lipinski definition) is 7. The third-order valence-corrected chi connectivity index (χ3v) is 13.7. The van der Waals surface area contributed by atoms with E-state index in [1.807, 2.05) is 6.08 Å². The third kappa shape index (κ3) is 34.8. The highest BCUT2D eigenvalue weighted by molar-refractivity contribution is 5.80. The van der Waals surface area contributed by atoms with Gasteiger partial charge < -0.3 is 45.4 Å². The Labute approximate surface area is 399 Å². The highest BCUT2D eigenvalue weighted by Gasteiger charge is 2.44. The minimum Gasteiger partial charge on any atom is -0.394 e. The normalized spacial score (nSPS) is 20.4. The van der Waals surface area contributed by atoms with E-state index in [9.17, 15) is 35.4 Å². The zero-order valence-electron chi connectivity index (χ0n) is 42.4. The van der Waals surface area contributed by atoms with E-state index in [2.05, 4.69) is 19.2 Å². The van der Waals surface area contributed by atoms with E-state index in [1.165, 1.54) is 205 Å². The molecule has 0 aromatic heterocycles. The molecule has 0 spiro atoms. The SMILES string of the molecule is CCCCCCCCCCCCCCCCC/C=C/C(O)C(COC1OC(CO)C(O)C(O)C1O)NC(=O)C(O)CCCCCCCCCCCCCCCCCCCCCCCCC. The standard InChI is InChI=1S/C55H107NO9/c1-3-5-7-9-11-13-15-17-19-21-22-23-24-25-26-28-30-32-34-36-38-40-42-44-49(59)54(63)56-47(46-64-55-53(62)52(61)51(60)50(45-57)65-55)48(58)43-41-39-37-35-33-31-29-27-20-18-16-14-12-10-8-6-4-2/h41,43,47-53,55,57-62H,3-40,42,44-46H2,1-2H3,(H,56,63)/b43-41+. The molecule has 1 amide bonds. The second-order valence-corrected chi connectivity index (χ2v) is 19.9. The lowest BCUT2D eigenvalue weighted by Crippen LogP contribution is -2.60. The fourth-order valence-corrected chi connectivity index (χ4v) is 9.17. The number of aliphatic hydroxyl groups is 6. The number of aliphatic hydroxyl groups excluding tert-OH is 6. The molecule has 1 aliphatic rings. The molecule has 1 saturated heterocycles. The summed E-state index contributed by atoms with van der Waals surface area (Å²) in [5.41, 5.74) is 0. The molecule has 1 heterocycles. The summed E-state index contributed by atoms with van der Waals surface area (Å²) in [5.74, 6) is -0.610. The molecule has 1 rings (SSSR count). The van der Waals surface area contributed by atoms with Gasteiger partial charge in [-0.05, 0) is 19.3 Å². The molecule has 0 aliphatic carbocycles. The predicted molar refractivity (Wildman–Crippen MR) is 269 cm³/mol. The molecule has 0 bridgehead atoms. The molecule has 386 valence electrons. The number of ether oxygens (including phenoxy) is 2. The van der Waals surface area contributed by atoms with E-state index in [1.54, 1.807) is 6.08 Å². The van der Waals surface area contributed by atoms with Gasteiger partial charge in [0.25, 0.3) is 0 Å². The van der Waals surface area contributed by atoms with Crippen molar-refractivity contribution in [2.45, 2.75) is 320 Å². The Morgan fingerprint density at radius 2 is 0.877 bits per heavy atom. The minimum absolute atomic E-state index is 0.301. The monoisotopic (exact) mass is 926 g/mol. The number of carbonyl (C=O) groups is 1. The number of unbranched alkanes of at least 4 members (excludes halogenated alkanes) is 37. The molecule has 8 unspecified atom stereocenters. The summed E-state index contributed by atoms with van der Waals surface area (Å²) in [6.07, 6.45) is 44.5. The Hall–Kier alpha value is -1.11. The van der Waals surface area contributed by atoms with Crippen LogP contribution in [-0.4, -0.2) is 98.7 Å². The number of hydrogen-bond acceptors (Lipinski definition) is 9. The third-order valence-electron chi connectivity index (χ3n) is 13.7. The first-order valence-corrected chi connectivity index (χ1v) is 28.0. The smallest absolute Gasteiger partial charge is 0.249 e. The molecule has 1 fully saturated rings. The highest BCUT2D eigenvalue weighted by Crippen LogP contribution is 2.23. The van der Waals surface area contributed by atoms with Gasteiger partial charge in [0.15, 0.2) is 6.29 Å². The quantitative estimate of drug-likeness (QED) is 0.0232. The van der Waals surface area contributed by atoms with Gasteiger partial charge in [-0.2, -0.15) is 0 Å². The van der Waals surface area contributed by atoms with E-state index >= 15 is 0 Å². The second-order valence-electron chi connectivity index (χ2n) is 19.9. The number of amides is 1. The molecule has 0 aromatic carbocycles. The average Bonchev–Trinajstić information content (AvgIpc) is 3.31. The lowest BCUT2D eigenvalue weighted by atomic mass is 9.99. The van der Waals surface area contributed by atoms with Gasteiger partial charge in [-0.15, -0.1) is 0 Å². The number of allylic oxidation sites excluding steroid dienone is 1. The van der Waals surface area contributed by atoms with E-state index < -0.39 is 61.5 Å². The van der Waals surface area contributed by atoms with Crippen molar-refractivity contribution < 1.29 is 44.9 Å². The molecule has 0 radical (unpaired) electrons. The molecule has 10 heteroatoms. The van der Waals surface area contributed by atoms with Crippen molar-refractivity contribution in [3.05, 3.63) is 12.2 Å². The van der Waals surface area contributed by atoms with E-state index in [4.69, 9.17) is 9.47 Å². The van der Waals surface area contributed by atoms with Gasteiger partial charge in [-0.3, -0.25) is 4.79 Å². The lowest BCUT2D eigenvalue weighted by Gasteiger charge is -2.40. The first-order valence-electron chi connectivity index (χ1n) is 28.0. The number of carbonyl (C=O) groups excluding carboxylic acids is 1. The van der Waals surface area contributed by atoms with Crippen molar-refractivity contribution in [3.8, 4) is 0 Å². The van der Waals surface area contributed by atoms with Crippen molar-refractivity contribution in [3.63, 3.8) is 0 Å². The largest absolute Gasteiger partial charge is 0.394 e. The van der Waals surface area contributed by atoms with Gasteiger partial charge in [-0.1, -0.05) is 264 Å². The molecular weight excluding hydrogens is 819 g/mol. The zero-order chi connectivity index (χ0) is 47.4. The van der Waals surface area contributed by atoms with Crippen LogP contribution in [0.2, 0.25) is 0 Å². The van der Waals surface area contributed by atoms with Gasteiger partial charge in [0, 0.05) is 0 Å². The molecule has 0 saturated carbocycles. The van der Waals surface area contributed by atoms with Crippen molar-refractivity contribution in [2.75, 3.05) is 13.2 Å². The molecule has 8 atom stereocenters. The Balaban J connectivity index is 2.27. The molecular formula is C55H107NO9. The van der Waals surface area contributed by atoms with Gasteiger partial charge in [0.05, 0.1) is 25.4 Å². The van der Waals surface area contributed by atoms with E-state index in [0.29, 0.717) is 6.42 Å². The highest BCUT2D eigenvalue weighted by atomic mass is 16.7. The average molecular weight is 926 g/mol. The summed E-state index contributed by atoms with van der Waals surface area (Å²) in [4.78, 5) is 13.1. The first-order chi connectivity index (χ1) is 31.8. The second kappa shape index (κ2) is 45.3. The van der Waals surface area contributed by atoms with Crippen LogP contribution in [0.25, 0.3) is 0 Å². The van der Waals surface area contributed by atoms with Crippen LogP contribution < -0.4 is 5.32 Å². The van der Waals surface area contributed by atoms with Crippen LogP contribution >= 0.6 is 0 Å². The molecule has 7 N–H and O–H groups in total. The Kier molecular flexibility index (Phi) is 43.2. The Bertz CT molecular complexity index is 1050. The van der Waals surface area contributed by atoms with Gasteiger partial charge in [0.1, 0.15) is 30.5 Å². The topological polar surface area (TPSA) is 169 Å². The fraction of sp³-hybridized carbons (Fsp3) is 0.945. The maximum atomic E-state index is 13.1. The first kappa shape index (κ1) is 61.9. The van der Waals surface area contributed by atoms with Gasteiger partial charge in [0.2, 0.25) is 5.91 Å². The fourth-order valence-electron chi connectivity index (χ4n) is 9.17. The number of nitrogens with one attached hydrogen (secondary N) is 1. The van der Waals surface area contributed by atoms with Crippen LogP contribution in [0.1, 0.15) is 271 Å². The van der Waals surface area contributed by atoms with Crippen LogP contribution in [0, 0.1) is 0 Å². The summed E-state index contributed by atoms with van der Waals surface area (Å²) < 4.78 is 11.2. The van der Waals surface area contributed by atoms with E-state index in [0.717, 1.165) is 44.9 Å². The zero-order valence-corrected chi connectivity index (χ0v) is 42.4. The maximum absolute atomic E-state index is 13.1. The number of rotatable bonds is 48. The van der Waals surface area contributed by atoms with Crippen molar-refractivity contribution in [1.82, 2.24) is 5.32 Å². The van der Waals surface area contributed by atoms with Crippen LogP contribution in [0.4, 0.5) is 0 Å². The summed E-state index contributed by atoms with van der Waals surface area (Å²) >= 11 is 0. The molecule has 65 heavy (non-hydrogen) atoms. The van der Waals surface area contributed by atoms with Crippen molar-refractivity contribution in [2.24, 2.45) is 0 Å². The van der Waals surface area contributed by atoms with Crippen LogP contribution in [0.15, 0.2) is 12.2 Å². The Morgan fingerprint density at radius 3 is 1.25 bits per heavy atom. The summed E-state index contributed by atoms with van der Waals surface area (Å²) in [5, 5.41) is 65.0. The van der Waals surface area contributed by atoms with Gasteiger partial charge >= 0.3 is 0 Å². The van der Waals surface area contributed by atoms with Crippen LogP contribution in [0.3, 0.4) is 0 Å². The minimum atomic E-state index is -1.61. The summed E-state index contributed by atoms with van der Waals surface area (Å²) in [6.45, 7) is 3.65.